The Morgan fingerprint density at radius 3 is 2.32 bits per heavy atom. The van der Waals surface area contributed by atoms with Crippen molar-refractivity contribution >= 4 is 0 Å². The zero-order valence-electron chi connectivity index (χ0n) is 12.9. The van der Waals surface area contributed by atoms with Gasteiger partial charge in [0.15, 0.2) is 0 Å². The van der Waals surface area contributed by atoms with E-state index >= 15 is 0 Å². The Bertz CT molecular complexity index is 338. The lowest BCUT2D eigenvalue weighted by Gasteiger charge is -2.35. The van der Waals surface area contributed by atoms with Gasteiger partial charge in [-0.15, -0.1) is 0 Å². The van der Waals surface area contributed by atoms with Crippen LogP contribution in [0, 0.1) is 17.2 Å². The van der Waals surface area contributed by atoms with E-state index in [2.05, 4.69) is 44.0 Å². The average molecular weight is 263 g/mol. The fraction of sp³-hybridized carbons (Fsp3) is 0.938. The summed E-state index contributed by atoms with van der Waals surface area (Å²) in [5.41, 5.74) is -0.356. The van der Waals surface area contributed by atoms with Crippen molar-refractivity contribution in [3.63, 3.8) is 0 Å². The topological polar surface area (TPSA) is 39.1 Å². The molecule has 1 N–H and O–H groups in total. The first kappa shape index (κ1) is 14.8. The van der Waals surface area contributed by atoms with Crippen LogP contribution in [0.5, 0.6) is 0 Å². The minimum absolute atomic E-state index is 0.356. The molecule has 3 nitrogen and oxygen atoms in total. The number of rotatable bonds is 8. The summed E-state index contributed by atoms with van der Waals surface area (Å²) in [5.74, 6) is 0.702. The van der Waals surface area contributed by atoms with Crippen molar-refractivity contribution < 1.29 is 0 Å². The van der Waals surface area contributed by atoms with Crippen LogP contribution in [0.25, 0.3) is 0 Å². The van der Waals surface area contributed by atoms with Crippen LogP contribution in [-0.2, 0) is 0 Å². The molecule has 2 atom stereocenters. The van der Waals surface area contributed by atoms with Gasteiger partial charge < -0.3 is 0 Å². The molecule has 0 bridgehead atoms. The smallest absolute Gasteiger partial charge is 0.105 e. The second-order valence-electron chi connectivity index (χ2n) is 7.24. The highest BCUT2D eigenvalue weighted by atomic mass is 15.2. The van der Waals surface area contributed by atoms with Crippen molar-refractivity contribution in [2.24, 2.45) is 5.92 Å². The Kier molecular flexibility index (Phi) is 4.53. The summed E-state index contributed by atoms with van der Waals surface area (Å²) >= 11 is 0. The Morgan fingerprint density at radius 1 is 1.26 bits per heavy atom. The van der Waals surface area contributed by atoms with Crippen molar-refractivity contribution in [3.8, 4) is 6.07 Å². The molecule has 19 heavy (non-hydrogen) atoms. The lowest BCUT2D eigenvalue weighted by atomic mass is 9.93. The van der Waals surface area contributed by atoms with Crippen LogP contribution in [0.2, 0.25) is 0 Å². The first-order chi connectivity index (χ1) is 8.93. The molecule has 0 amide bonds. The van der Waals surface area contributed by atoms with Crippen LogP contribution in [0.1, 0.15) is 59.8 Å². The van der Waals surface area contributed by atoms with Crippen LogP contribution >= 0.6 is 0 Å². The summed E-state index contributed by atoms with van der Waals surface area (Å²) in [4.78, 5) is 2.63. The second-order valence-corrected chi connectivity index (χ2v) is 7.24. The number of nitriles is 1. The van der Waals surface area contributed by atoms with E-state index in [9.17, 15) is 5.26 Å². The molecule has 2 unspecified atom stereocenters. The third kappa shape index (κ3) is 4.47. The van der Waals surface area contributed by atoms with Crippen LogP contribution in [-0.4, -0.2) is 35.1 Å². The summed E-state index contributed by atoms with van der Waals surface area (Å²) in [6.07, 6.45) is 6.10. The molecular formula is C16H29N3. The number of nitrogens with zero attached hydrogens (tertiary/aromatic N) is 2. The van der Waals surface area contributed by atoms with Crippen molar-refractivity contribution in [2.75, 3.05) is 6.54 Å². The second kappa shape index (κ2) is 5.81. The van der Waals surface area contributed by atoms with E-state index in [1.165, 1.54) is 25.7 Å². The Morgan fingerprint density at radius 2 is 1.89 bits per heavy atom. The molecule has 3 heteroatoms. The summed E-state index contributed by atoms with van der Waals surface area (Å²) in [6, 6.07) is 4.37. The fourth-order valence-corrected chi connectivity index (χ4v) is 3.04. The zero-order valence-corrected chi connectivity index (χ0v) is 12.9. The molecule has 0 aromatic carbocycles. The third-order valence-corrected chi connectivity index (χ3v) is 4.21. The van der Waals surface area contributed by atoms with Crippen molar-refractivity contribution in [3.05, 3.63) is 0 Å². The molecule has 2 aliphatic rings. The normalized spacial score (nSPS) is 24.3. The largest absolute Gasteiger partial charge is 0.297 e. The maximum Gasteiger partial charge on any atom is 0.105 e. The first-order valence-corrected chi connectivity index (χ1v) is 7.88. The molecule has 0 aliphatic heterocycles. The molecule has 0 heterocycles. The van der Waals surface area contributed by atoms with Crippen LogP contribution in [0.3, 0.4) is 0 Å². The zero-order chi connectivity index (χ0) is 14.0. The minimum Gasteiger partial charge on any atom is -0.297 e. The predicted octanol–water partition coefficient (Wildman–Crippen LogP) is 2.92. The minimum atomic E-state index is -0.356. The maximum absolute atomic E-state index is 9.50. The lowest BCUT2D eigenvalue weighted by Crippen LogP contribution is -2.49. The average Bonchev–Trinajstić information content (AvgIpc) is 3.19. The molecule has 2 aliphatic carbocycles. The van der Waals surface area contributed by atoms with Gasteiger partial charge in [-0.25, -0.2) is 0 Å². The lowest BCUT2D eigenvalue weighted by molar-refractivity contribution is 0.149. The molecule has 2 rings (SSSR count). The standard InChI is InChI=1S/C16H29N3/c1-12(2)10-19(15-7-8-15)13(3)9-16(4,11-17)18-14-5-6-14/h12-15,18H,5-10H2,1-4H3. The van der Waals surface area contributed by atoms with Crippen LogP contribution in [0.15, 0.2) is 0 Å². The summed E-state index contributed by atoms with van der Waals surface area (Å²) in [6.45, 7) is 10.1. The van der Waals surface area contributed by atoms with E-state index < -0.39 is 0 Å². The van der Waals surface area contributed by atoms with E-state index in [1.807, 2.05) is 0 Å². The van der Waals surface area contributed by atoms with Gasteiger partial charge >= 0.3 is 0 Å². The van der Waals surface area contributed by atoms with Crippen LogP contribution < -0.4 is 5.32 Å². The Balaban J connectivity index is 1.92. The van der Waals surface area contributed by atoms with Gasteiger partial charge in [0.25, 0.3) is 0 Å². The van der Waals surface area contributed by atoms with Gasteiger partial charge in [-0.1, -0.05) is 13.8 Å². The van der Waals surface area contributed by atoms with Crippen molar-refractivity contribution in [1.29, 1.82) is 5.26 Å². The van der Waals surface area contributed by atoms with E-state index in [0.717, 1.165) is 19.0 Å². The number of nitrogens with one attached hydrogen (secondary N) is 1. The SMILES string of the molecule is CC(C)CN(C(C)CC(C)(C#N)NC1CC1)C1CC1. The Labute approximate surface area is 118 Å². The Hall–Kier alpha value is -0.590. The van der Waals surface area contributed by atoms with E-state index in [1.54, 1.807) is 0 Å². The van der Waals surface area contributed by atoms with Crippen molar-refractivity contribution in [2.45, 2.75) is 83.5 Å². The molecule has 2 saturated carbocycles. The van der Waals surface area contributed by atoms with Gasteiger partial charge in [0.1, 0.15) is 5.54 Å². The predicted molar refractivity (Wildman–Crippen MR) is 78.8 cm³/mol. The molecular weight excluding hydrogens is 234 g/mol. The van der Waals surface area contributed by atoms with E-state index in [4.69, 9.17) is 0 Å². The molecule has 0 aromatic rings. The molecule has 108 valence electrons. The summed E-state index contributed by atoms with van der Waals surface area (Å²) in [7, 11) is 0. The van der Waals surface area contributed by atoms with Gasteiger partial charge in [-0.3, -0.25) is 10.2 Å². The molecule has 0 spiro atoms. The van der Waals surface area contributed by atoms with E-state index in [0.29, 0.717) is 18.0 Å². The van der Waals surface area contributed by atoms with Gasteiger partial charge in [0.2, 0.25) is 0 Å². The highest BCUT2D eigenvalue weighted by Gasteiger charge is 2.38. The van der Waals surface area contributed by atoms with Gasteiger partial charge in [0.05, 0.1) is 6.07 Å². The first-order valence-electron chi connectivity index (χ1n) is 7.88. The quantitative estimate of drug-likeness (QED) is 0.732. The van der Waals surface area contributed by atoms with Gasteiger partial charge in [-0.2, -0.15) is 5.26 Å². The molecule has 2 fully saturated rings. The highest BCUT2D eigenvalue weighted by Crippen LogP contribution is 2.32. The van der Waals surface area contributed by atoms with E-state index in [-0.39, 0.29) is 5.54 Å². The third-order valence-electron chi connectivity index (χ3n) is 4.21. The molecule has 0 radical (unpaired) electrons. The molecule has 0 saturated heterocycles. The summed E-state index contributed by atoms with van der Waals surface area (Å²) < 4.78 is 0. The molecule has 0 aromatic heterocycles. The summed E-state index contributed by atoms with van der Waals surface area (Å²) in [5, 5.41) is 13.0. The van der Waals surface area contributed by atoms with Crippen LogP contribution in [0.4, 0.5) is 0 Å². The maximum atomic E-state index is 9.50. The fourth-order valence-electron chi connectivity index (χ4n) is 3.04. The van der Waals surface area contributed by atoms with Gasteiger partial charge in [-0.05, 0) is 51.9 Å². The van der Waals surface area contributed by atoms with Gasteiger partial charge in [0, 0.05) is 24.7 Å². The number of hydrogen-bond donors (Lipinski definition) is 1. The highest BCUT2D eigenvalue weighted by molar-refractivity contribution is 5.09. The van der Waals surface area contributed by atoms with Crippen molar-refractivity contribution in [1.82, 2.24) is 10.2 Å². The number of hydrogen-bond acceptors (Lipinski definition) is 3. The monoisotopic (exact) mass is 263 g/mol.